The van der Waals surface area contributed by atoms with Crippen LogP contribution >= 0.6 is 0 Å². The van der Waals surface area contributed by atoms with E-state index in [-0.39, 0.29) is 5.43 Å². The molecule has 140 valence electrons. The van der Waals surface area contributed by atoms with E-state index in [4.69, 9.17) is 5.10 Å². The fraction of sp³-hybridized carbons (Fsp3) is 0.0417. The van der Waals surface area contributed by atoms with E-state index >= 15 is 0 Å². The highest BCUT2D eigenvalue weighted by atomic mass is 16.1. The van der Waals surface area contributed by atoms with Crippen LogP contribution in [0.5, 0.6) is 0 Å². The van der Waals surface area contributed by atoms with Crippen LogP contribution in [0.25, 0.3) is 27.8 Å². The quantitative estimate of drug-likeness (QED) is 0.469. The van der Waals surface area contributed by atoms with Gasteiger partial charge in [0.15, 0.2) is 0 Å². The van der Waals surface area contributed by atoms with E-state index in [0.717, 1.165) is 28.0 Å². The maximum absolute atomic E-state index is 12.2. The summed E-state index contributed by atoms with van der Waals surface area (Å²) in [4.78, 5) is 12.2. The molecule has 0 saturated carbocycles. The third-order valence-corrected chi connectivity index (χ3v) is 4.94. The number of hydrogen-bond acceptors (Lipinski definition) is 3. The van der Waals surface area contributed by atoms with Crippen molar-refractivity contribution in [3.05, 3.63) is 113 Å². The van der Waals surface area contributed by atoms with Gasteiger partial charge in [0.25, 0.3) is 0 Å². The van der Waals surface area contributed by atoms with E-state index < -0.39 is 0 Å². The molecule has 5 rings (SSSR count). The minimum Gasteiger partial charge on any atom is -0.287 e. The lowest BCUT2D eigenvalue weighted by Gasteiger charge is -2.09. The summed E-state index contributed by atoms with van der Waals surface area (Å²) in [6.45, 7) is 0.512. The van der Waals surface area contributed by atoms with E-state index in [9.17, 15) is 4.79 Å². The summed E-state index contributed by atoms with van der Waals surface area (Å²) in [6.07, 6.45) is 3.42. The highest BCUT2D eigenvalue weighted by Crippen LogP contribution is 2.25. The maximum Gasteiger partial charge on any atom is 0.207 e. The van der Waals surface area contributed by atoms with Crippen molar-refractivity contribution in [3.63, 3.8) is 0 Å². The zero-order valence-corrected chi connectivity index (χ0v) is 15.6. The molecular formula is C24H18N4O. The molecule has 2 heterocycles. The smallest absolute Gasteiger partial charge is 0.207 e. The van der Waals surface area contributed by atoms with Gasteiger partial charge in [-0.3, -0.25) is 9.48 Å². The summed E-state index contributed by atoms with van der Waals surface area (Å²) in [6, 6.07) is 27.7. The van der Waals surface area contributed by atoms with E-state index in [0.29, 0.717) is 11.9 Å². The molecule has 0 fully saturated rings. The predicted molar refractivity (Wildman–Crippen MR) is 114 cm³/mol. The number of benzene rings is 3. The Morgan fingerprint density at radius 2 is 1.48 bits per heavy atom. The second-order valence-electron chi connectivity index (χ2n) is 6.83. The first kappa shape index (κ1) is 17.1. The summed E-state index contributed by atoms with van der Waals surface area (Å²) in [5, 5.41) is 9.91. The Labute approximate surface area is 167 Å². The zero-order valence-electron chi connectivity index (χ0n) is 15.6. The van der Waals surface area contributed by atoms with Gasteiger partial charge < -0.3 is 0 Å². The van der Waals surface area contributed by atoms with Gasteiger partial charge >= 0.3 is 0 Å². The lowest BCUT2D eigenvalue weighted by molar-refractivity contribution is 0.695. The molecule has 5 heteroatoms. The molecule has 2 aromatic heterocycles. The van der Waals surface area contributed by atoms with Crippen LogP contribution in [0.4, 0.5) is 0 Å². The fourth-order valence-corrected chi connectivity index (χ4v) is 3.53. The Kier molecular flexibility index (Phi) is 4.26. The van der Waals surface area contributed by atoms with Crippen molar-refractivity contribution in [2.75, 3.05) is 0 Å². The van der Waals surface area contributed by atoms with Crippen LogP contribution in [-0.2, 0) is 6.54 Å². The molecule has 0 aliphatic heterocycles. The largest absolute Gasteiger partial charge is 0.287 e. The van der Waals surface area contributed by atoms with Crippen molar-refractivity contribution in [3.8, 4) is 16.9 Å². The number of fused-ring (bicyclic) bond motifs is 1. The SMILES string of the molecule is O=c1cnn(Cc2cn(-c3ccccc3)nc2-c2ccccc2)c2ccccc12. The van der Waals surface area contributed by atoms with Gasteiger partial charge in [-0.1, -0.05) is 60.7 Å². The summed E-state index contributed by atoms with van der Waals surface area (Å²) in [7, 11) is 0. The highest BCUT2D eigenvalue weighted by molar-refractivity contribution is 5.78. The van der Waals surface area contributed by atoms with Crippen molar-refractivity contribution in [2.24, 2.45) is 0 Å². The van der Waals surface area contributed by atoms with Crippen LogP contribution < -0.4 is 5.43 Å². The molecule has 3 aromatic carbocycles. The first-order chi connectivity index (χ1) is 14.3. The Bertz CT molecular complexity index is 1340. The van der Waals surface area contributed by atoms with Crippen LogP contribution in [-0.4, -0.2) is 19.6 Å². The second kappa shape index (κ2) is 7.20. The summed E-state index contributed by atoms with van der Waals surface area (Å²) < 4.78 is 3.75. The monoisotopic (exact) mass is 378 g/mol. The molecular weight excluding hydrogens is 360 g/mol. The van der Waals surface area contributed by atoms with Crippen molar-refractivity contribution in [1.82, 2.24) is 19.6 Å². The van der Waals surface area contributed by atoms with Crippen molar-refractivity contribution >= 4 is 10.9 Å². The van der Waals surface area contributed by atoms with Crippen LogP contribution in [0, 0.1) is 0 Å². The molecule has 0 amide bonds. The van der Waals surface area contributed by atoms with Crippen LogP contribution in [0.3, 0.4) is 0 Å². The molecule has 0 bridgehead atoms. The standard InChI is InChI=1S/C24H18N4O/c29-23-15-25-28(22-14-8-7-13-21(22)23)17-19-16-27(20-11-5-2-6-12-20)26-24(19)18-9-3-1-4-10-18/h1-16H,17H2. The van der Waals surface area contributed by atoms with E-state index in [1.807, 2.05) is 88.4 Å². The molecule has 0 radical (unpaired) electrons. The molecule has 0 atom stereocenters. The summed E-state index contributed by atoms with van der Waals surface area (Å²) in [5.74, 6) is 0. The lowest BCUT2D eigenvalue weighted by Crippen LogP contribution is -2.13. The topological polar surface area (TPSA) is 52.7 Å². The van der Waals surface area contributed by atoms with Crippen LogP contribution in [0.15, 0.2) is 102 Å². The second-order valence-corrected chi connectivity index (χ2v) is 6.83. The summed E-state index contributed by atoms with van der Waals surface area (Å²) >= 11 is 0. The van der Waals surface area contributed by atoms with Gasteiger partial charge in [-0.15, -0.1) is 0 Å². The first-order valence-corrected chi connectivity index (χ1v) is 9.44. The Morgan fingerprint density at radius 1 is 0.793 bits per heavy atom. The molecule has 5 aromatic rings. The molecule has 0 saturated heterocycles. The third-order valence-electron chi connectivity index (χ3n) is 4.94. The lowest BCUT2D eigenvalue weighted by atomic mass is 10.1. The van der Waals surface area contributed by atoms with Crippen molar-refractivity contribution in [1.29, 1.82) is 0 Å². The number of aromatic nitrogens is 4. The van der Waals surface area contributed by atoms with E-state index in [1.54, 1.807) is 0 Å². The van der Waals surface area contributed by atoms with Gasteiger partial charge in [-0.2, -0.15) is 10.2 Å². The molecule has 0 unspecified atom stereocenters. The molecule has 0 aliphatic carbocycles. The third kappa shape index (κ3) is 3.23. The normalized spacial score (nSPS) is 11.0. The van der Waals surface area contributed by atoms with Gasteiger partial charge in [0.1, 0.15) is 0 Å². The van der Waals surface area contributed by atoms with Crippen LogP contribution in [0.2, 0.25) is 0 Å². The maximum atomic E-state index is 12.2. The Hall–Kier alpha value is -3.99. The zero-order chi connectivity index (χ0) is 19.6. The van der Waals surface area contributed by atoms with E-state index in [1.165, 1.54) is 6.20 Å². The molecule has 0 aliphatic rings. The first-order valence-electron chi connectivity index (χ1n) is 9.44. The van der Waals surface area contributed by atoms with Crippen LogP contribution in [0.1, 0.15) is 5.56 Å². The summed E-state index contributed by atoms with van der Waals surface area (Å²) in [5.41, 5.74) is 4.71. The van der Waals surface area contributed by atoms with Gasteiger partial charge in [0.2, 0.25) is 5.43 Å². The Morgan fingerprint density at radius 3 is 2.28 bits per heavy atom. The predicted octanol–water partition coefficient (Wildman–Crippen LogP) is 4.30. The number of hydrogen-bond donors (Lipinski definition) is 0. The minimum absolute atomic E-state index is 0.0693. The minimum atomic E-state index is -0.0693. The number of para-hydroxylation sites is 2. The molecule has 0 spiro atoms. The number of rotatable bonds is 4. The van der Waals surface area contributed by atoms with E-state index in [2.05, 4.69) is 17.2 Å². The molecule has 0 N–H and O–H groups in total. The average molecular weight is 378 g/mol. The molecule has 5 nitrogen and oxygen atoms in total. The van der Waals surface area contributed by atoms with Crippen molar-refractivity contribution in [2.45, 2.75) is 6.54 Å². The van der Waals surface area contributed by atoms with Gasteiger partial charge in [0, 0.05) is 22.7 Å². The van der Waals surface area contributed by atoms with Crippen molar-refractivity contribution < 1.29 is 0 Å². The van der Waals surface area contributed by atoms with Gasteiger partial charge in [0.05, 0.1) is 29.6 Å². The van der Waals surface area contributed by atoms with Gasteiger partial charge in [-0.25, -0.2) is 4.68 Å². The Balaban J connectivity index is 1.66. The highest BCUT2D eigenvalue weighted by Gasteiger charge is 2.14. The number of nitrogens with zero attached hydrogens (tertiary/aromatic N) is 4. The fourth-order valence-electron chi connectivity index (χ4n) is 3.53. The average Bonchev–Trinajstić information content (AvgIpc) is 3.21. The molecule has 29 heavy (non-hydrogen) atoms. The van der Waals surface area contributed by atoms with Gasteiger partial charge in [-0.05, 0) is 24.3 Å².